The number of aryl methyl sites for hydroxylation is 2. The Morgan fingerprint density at radius 2 is 1.73 bits per heavy atom. The van der Waals surface area contributed by atoms with Crippen molar-refractivity contribution in [1.29, 1.82) is 0 Å². The number of ether oxygens (including phenoxy) is 1. The van der Waals surface area contributed by atoms with Crippen LogP contribution in [0.5, 0.6) is 5.75 Å². The average Bonchev–Trinajstić information content (AvgIpc) is 3.29. The summed E-state index contributed by atoms with van der Waals surface area (Å²) in [5.74, 6) is 1.31. The van der Waals surface area contributed by atoms with Gasteiger partial charge in [0.25, 0.3) is 5.91 Å². The molecule has 0 saturated heterocycles. The number of aromatic nitrogens is 2. The fraction of sp³-hybridized carbons (Fsp3) is 0.242. The van der Waals surface area contributed by atoms with Crippen molar-refractivity contribution in [2.75, 3.05) is 12.4 Å². The Balaban J connectivity index is 0.00000387. The molecule has 2 aromatic heterocycles. The summed E-state index contributed by atoms with van der Waals surface area (Å²) in [6.45, 7) is 10.7. The summed E-state index contributed by atoms with van der Waals surface area (Å²) in [6.07, 6.45) is 1.64. The lowest BCUT2D eigenvalue weighted by Crippen LogP contribution is -2.24. The van der Waals surface area contributed by atoms with Crippen LogP contribution in [0, 0.1) is 13.8 Å². The summed E-state index contributed by atoms with van der Waals surface area (Å²) < 4.78 is 10.6. The highest BCUT2D eigenvalue weighted by Crippen LogP contribution is 2.37. The predicted molar refractivity (Wildman–Crippen MR) is 167 cm³/mol. The molecule has 5 aromatic rings. The minimum atomic E-state index is -0.212. The number of hydrogen-bond acceptors (Lipinski definition) is 6. The summed E-state index contributed by atoms with van der Waals surface area (Å²) in [5.41, 5.74) is 7.65. The third-order valence-electron chi connectivity index (χ3n) is 7.04. The SMILES string of the molecule is COc1ccc(CNC(=O)c2cnc3cc(-c4c(C)noc4C)ccc3c2Nc2ccccc2C(C)(C)C)cc1.Cl. The van der Waals surface area contributed by atoms with Crippen LogP contribution in [-0.4, -0.2) is 23.2 Å². The Kier molecular flexibility index (Phi) is 8.69. The van der Waals surface area contributed by atoms with E-state index in [0.29, 0.717) is 17.8 Å². The number of nitrogens with zero attached hydrogens (tertiary/aromatic N) is 2. The molecule has 0 spiro atoms. The fourth-order valence-corrected chi connectivity index (χ4v) is 4.95. The summed E-state index contributed by atoms with van der Waals surface area (Å²) >= 11 is 0. The molecule has 0 atom stereocenters. The molecule has 2 N–H and O–H groups in total. The largest absolute Gasteiger partial charge is 0.497 e. The smallest absolute Gasteiger partial charge is 0.255 e. The standard InChI is InChI=1S/C33H34N4O3.ClH/c1-20-30(21(2)40-37-20)23-13-16-25-29(17-23)34-19-26(32(38)35-18-22-11-14-24(39-6)15-12-22)31(25)36-28-10-8-7-9-27(28)33(3,4)5;/h7-17,19H,18H2,1-6H3,(H,34,36)(H,35,38);1H. The molecule has 1 amide bonds. The van der Waals surface area contributed by atoms with E-state index in [-0.39, 0.29) is 23.7 Å². The van der Waals surface area contributed by atoms with Crippen LogP contribution < -0.4 is 15.4 Å². The highest BCUT2D eigenvalue weighted by Gasteiger charge is 2.22. The maximum Gasteiger partial charge on any atom is 0.255 e. The van der Waals surface area contributed by atoms with Gasteiger partial charge < -0.3 is 19.9 Å². The number of carbonyl (C=O) groups excluding carboxylic acids is 1. The summed E-state index contributed by atoms with van der Waals surface area (Å²) in [4.78, 5) is 18.3. The quantitative estimate of drug-likeness (QED) is 0.207. The second-order valence-electron chi connectivity index (χ2n) is 10.9. The number of fused-ring (bicyclic) bond motifs is 1. The van der Waals surface area contributed by atoms with Crippen LogP contribution in [0.2, 0.25) is 0 Å². The van der Waals surface area contributed by atoms with Crippen molar-refractivity contribution in [2.24, 2.45) is 0 Å². The van der Waals surface area contributed by atoms with Crippen molar-refractivity contribution in [3.8, 4) is 16.9 Å². The first-order chi connectivity index (χ1) is 19.2. The zero-order chi connectivity index (χ0) is 28.4. The number of carbonyl (C=O) groups is 1. The molecule has 3 aromatic carbocycles. The Morgan fingerprint density at radius 3 is 2.39 bits per heavy atom. The van der Waals surface area contributed by atoms with E-state index >= 15 is 0 Å². The summed E-state index contributed by atoms with van der Waals surface area (Å²) in [7, 11) is 1.63. The van der Waals surface area contributed by atoms with Gasteiger partial charge in [-0.3, -0.25) is 9.78 Å². The van der Waals surface area contributed by atoms with Crippen molar-refractivity contribution in [2.45, 2.75) is 46.6 Å². The van der Waals surface area contributed by atoms with E-state index in [1.165, 1.54) is 0 Å². The van der Waals surface area contributed by atoms with E-state index in [1.54, 1.807) is 13.3 Å². The molecular weight excluding hydrogens is 536 g/mol. The van der Waals surface area contributed by atoms with Gasteiger partial charge in [0.05, 0.1) is 29.6 Å². The van der Waals surface area contributed by atoms with Crippen molar-refractivity contribution in [3.63, 3.8) is 0 Å². The minimum absolute atomic E-state index is 0. The van der Waals surface area contributed by atoms with Crippen molar-refractivity contribution in [1.82, 2.24) is 15.5 Å². The molecule has 41 heavy (non-hydrogen) atoms. The van der Waals surface area contributed by atoms with Crippen molar-refractivity contribution < 1.29 is 14.1 Å². The van der Waals surface area contributed by atoms with E-state index in [1.807, 2.05) is 74.5 Å². The number of nitrogens with one attached hydrogen (secondary N) is 2. The topological polar surface area (TPSA) is 89.3 Å². The Labute approximate surface area is 246 Å². The molecule has 0 aliphatic rings. The lowest BCUT2D eigenvalue weighted by atomic mass is 9.85. The molecule has 0 aliphatic carbocycles. The zero-order valence-electron chi connectivity index (χ0n) is 24.2. The van der Waals surface area contributed by atoms with E-state index < -0.39 is 0 Å². The second-order valence-corrected chi connectivity index (χ2v) is 10.9. The van der Waals surface area contributed by atoms with Gasteiger partial charge in [-0.15, -0.1) is 12.4 Å². The zero-order valence-corrected chi connectivity index (χ0v) is 25.0. The fourth-order valence-electron chi connectivity index (χ4n) is 4.95. The van der Waals surface area contributed by atoms with Gasteiger partial charge in [-0.1, -0.05) is 68.4 Å². The molecule has 8 heteroatoms. The molecule has 7 nitrogen and oxygen atoms in total. The van der Waals surface area contributed by atoms with Gasteiger partial charge in [0.2, 0.25) is 0 Å². The lowest BCUT2D eigenvalue weighted by Gasteiger charge is -2.24. The molecule has 0 fully saturated rings. The van der Waals surface area contributed by atoms with Gasteiger partial charge in [-0.25, -0.2) is 0 Å². The Bertz CT molecular complexity index is 1670. The summed E-state index contributed by atoms with van der Waals surface area (Å²) in [5, 5.41) is 11.6. The number of hydrogen-bond donors (Lipinski definition) is 2. The molecule has 0 bridgehead atoms. The van der Waals surface area contributed by atoms with Crippen LogP contribution in [-0.2, 0) is 12.0 Å². The maximum absolute atomic E-state index is 13.6. The first-order valence-corrected chi connectivity index (χ1v) is 13.3. The van der Waals surface area contributed by atoms with E-state index in [0.717, 1.165) is 56.0 Å². The normalized spacial score (nSPS) is 11.2. The molecular formula is C33H35ClN4O3. The van der Waals surface area contributed by atoms with Gasteiger partial charge >= 0.3 is 0 Å². The van der Waals surface area contributed by atoms with Crippen LogP contribution in [0.25, 0.3) is 22.0 Å². The highest BCUT2D eigenvalue weighted by molar-refractivity contribution is 6.08. The first-order valence-electron chi connectivity index (χ1n) is 13.3. The highest BCUT2D eigenvalue weighted by atomic mass is 35.5. The molecule has 0 radical (unpaired) electrons. The van der Waals surface area contributed by atoms with Crippen LogP contribution in [0.1, 0.15) is 53.7 Å². The molecule has 0 saturated carbocycles. The van der Waals surface area contributed by atoms with Gasteiger partial charge in [-0.2, -0.15) is 0 Å². The van der Waals surface area contributed by atoms with Crippen molar-refractivity contribution in [3.05, 3.63) is 101 Å². The van der Waals surface area contributed by atoms with Gasteiger partial charge in [-0.05, 0) is 60.2 Å². The molecule has 2 heterocycles. The van der Waals surface area contributed by atoms with Gasteiger partial charge in [0.1, 0.15) is 11.5 Å². The van der Waals surface area contributed by atoms with E-state index in [4.69, 9.17) is 14.2 Å². The maximum atomic E-state index is 13.6. The van der Waals surface area contributed by atoms with Crippen molar-refractivity contribution >= 4 is 40.6 Å². The van der Waals surface area contributed by atoms with E-state index in [2.05, 4.69) is 42.6 Å². The van der Waals surface area contributed by atoms with Crippen LogP contribution in [0.15, 0.2) is 77.4 Å². The number of para-hydroxylation sites is 1. The Hall–Kier alpha value is -4.36. The second kappa shape index (κ2) is 12.0. The molecule has 212 valence electrons. The number of amides is 1. The minimum Gasteiger partial charge on any atom is -0.497 e. The third kappa shape index (κ3) is 6.20. The monoisotopic (exact) mass is 570 g/mol. The predicted octanol–water partition coefficient (Wildman–Crippen LogP) is 7.91. The number of rotatable bonds is 7. The lowest BCUT2D eigenvalue weighted by molar-refractivity contribution is 0.0951. The molecule has 0 aliphatic heterocycles. The van der Waals surface area contributed by atoms with Crippen LogP contribution >= 0.6 is 12.4 Å². The third-order valence-corrected chi connectivity index (χ3v) is 7.04. The number of anilines is 2. The first kappa shape index (κ1) is 29.6. The van der Waals surface area contributed by atoms with E-state index in [9.17, 15) is 4.79 Å². The average molecular weight is 571 g/mol. The van der Waals surface area contributed by atoms with Gasteiger partial charge in [0, 0.05) is 29.4 Å². The number of halogens is 1. The number of methoxy groups -OCH3 is 1. The van der Waals surface area contributed by atoms with Crippen LogP contribution in [0.4, 0.5) is 11.4 Å². The van der Waals surface area contributed by atoms with Crippen LogP contribution in [0.3, 0.4) is 0 Å². The molecule has 0 unspecified atom stereocenters. The van der Waals surface area contributed by atoms with Gasteiger partial charge in [0.15, 0.2) is 0 Å². The summed E-state index contributed by atoms with van der Waals surface area (Å²) in [6, 6.07) is 21.9. The Morgan fingerprint density at radius 1 is 1.00 bits per heavy atom. The molecule has 5 rings (SSSR count). The number of pyridine rings is 1. The number of benzene rings is 3.